The van der Waals surface area contributed by atoms with Crippen molar-refractivity contribution in [2.45, 2.75) is 58.0 Å². The van der Waals surface area contributed by atoms with Crippen molar-refractivity contribution in [1.82, 2.24) is 15.2 Å². The number of amidine groups is 1. The number of nitrogens with zero attached hydrogens (tertiary/aromatic N) is 1. The Bertz CT molecular complexity index is 1000. The second-order valence-corrected chi connectivity index (χ2v) is 8.40. The van der Waals surface area contributed by atoms with E-state index in [2.05, 4.69) is 17.2 Å². The summed E-state index contributed by atoms with van der Waals surface area (Å²) in [6, 6.07) is 5.06. The number of H-pyrrole nitrogens is 1. The number of hydrogen-bond acceptors (Lipinski definition) is 6. The highest BCUT2D eigenvalue weighted by Crippen LogP contribution is 2.28. The number of aliphatic hydroxyl groups is 1. The Morgan fingerprint density at radius 1 is 1.39 bits per heavy atom. The van der Waals surface area contributed by atoms with Gasteiger partial charge in [-0.15, -0.1) is 0 Å². The number of rotatable bonds is 11. The molecule has 180 valence electrons. The lowest BCUT2D eigenvalue weighted by molar-refractivity contribution is -0.142. The van der Waals surface area contributed by atoms with E-state index in [1.165, 1.54) is 5.56 Å². The van der Waals surface area contributed by atoms with Gasteiger partial charge in [0.1, 0.15) is 11.9 Å². The number of aryl methyl sites for hydroxylation is 2. The first-order valence-corrected chi connectivity index (χ1v) is 11.7. The summed E-state index contributed by atoms with van der Waals surface area (Å²) in [5.74, 6) is -0.579. The summed E-state index contributed by atoms with van der Waals surface area (Å²) in [5.41, 5.74) is 9.70. The van der Waals surface area contributed by atoms with Gasteiger partial charge in [0.2, 0.25) is 5.91 Å². The van der Waals surface area contributed by atoms with Crippen LogP contribution in [0.5, 0.6) is 0 Å². The molecular weight excluding hydrogens is 422 g/mol. The molecule has 33 heavy (non-hydrogen) atoms. The molecule has 3 rings (SSSR count). The average Bonchev–Trinajstić information content (AvgIpc) is 3.41. The molecule has 1 aliphatic heterocycles. The van der Waals surface area contributed by atoms with E-state index in [0.29, 0.717) is 12.1 Å². The number of carbonyl (C=O) groups is 2. The number of hydrogen-bond donors (Lipinski definition) is 5. The number of esters is 1. The number of carbonyl (C=O) groups excluding carboxylic acids is 2. The number of aromatic nitrogens is 1. The number of nitrogen functional groups attached to an aromatic ring is 1. The molecule has 9 nitrogen and oxygen atoms in total. The van der Waals surface area contributed by atoms with Gasteiger partial charge in [-0.05, 0) is 50.7 Å². The summed E-state index contributed by atoms with van der Waals surface area (Å²) in [4.78, 5) is 30.0. The lowest BCUT2D eigenvalue weighted by Gasteiger charge is -2.28. The van der Waals surface area contributed by atoms with Gasteiger partial charge in [0.05, 0.1) is 19.8 Å². The molecule has 0 unspecified atom stereocenters. The summed E-state index contributed by atoms with van der Waals surface area (Å²) in [5, 5.41) is 21.4. The number of likely N-dealkylation sites (tertiary alicyclic amines) is 1. The van der Waals surface area contributed by atoms with Crippen LogP contribution in [-0.4, -0.2) is 71.1 Å². The van der Waals surface area contributed by atoms with Gasteiger partial charge in [-0.3, -0.25) is 20.3 Å². The molecule has 1 amide bonds. The summed E-state index contributed by atoms with van der Waals surface area (Å²) in [7, 11) is 0. The second kappa shape index (κ2) is 11.3. The Balaban J connectivity index is 1.68. The predicted octanol–water partition coefficient (Wildman–Crippen LogP) is 1.45. The molecule has 1 fully saturated rings. The molecule has 2 aromatic rings. The molecule has 0 radical (unpaired) electrons. The highest BCUT2D eigenvalue weighted by atomic mass is 16.5. The van der Waals surface area contributed by atoms with Crippen LogP contribution in [0.4, 0.5) is 0 Å². The Hall–Kier alpha value is -2.91. The molecule has 1 saturated heterocycles. The molecule has 0 aliphatic carbocycles. The van der Waals surface area contributed by atoms with E-state index < -0.39 is 12.0 Å². The molecular formula is C24H35N5O4. The Kier molecular flexibility index (Phi) is 8.46. The van der Waals surface area contributed by atoms with Crippen LogP contribution in [0.2, 0.25) is 0 Å². The van der Waals surface area contributed by atoms with Crippen LogP contribution >= 0.6 is 0 Å². The van der Waals surface area contributed by atoms with Gasteiger partial charge in [-0.1, -0.05) is 19.1 Å². The Labute approximate surface area is 194 Å². The van der Waals surface area contributed by atoms with Crippen LogP contribution in [-0.2, 0) is 27.2 Å². The Morgan fingerprint density at radius 2 is 2.18 bits per heavy atom. The maximum Gasteiger partial charge on any atom is 0.319 e. The highest BCUT2D eigenvalue weighted by Gasteiger charge is 2.33. The van der Waals surface area contributed by atoms with Crippen molar-refractivity contribution in [2.24, 2.45) is 5.73 Å². The van der Waals surface area contributed by atoms with E-state index in [4.69, 9.17) is 15.9 Å². The van der Waals surface area contributed by atoms with Gasteiger partial charge in [0, 0.05) is 34.7 Å². The van der Waals surface area contributed by atoms with Crippen LogP contribution in [0.25, 0.3) is 10.9 Å². The standard InChI is InChI=1S/C24H35N5O4/c1-3-17-18-9-7-15(23(25)26)12-20(18)28-19(17)10-8-16-6-5-11-29(16)24(32)21(14-30)27-13-22(31)33-4-2/h7,9,12,16,21,27-28,30H,3-6,8,10-11,13-14H2,1-2H3,(H3,25,26)/t16-,21+/m0/s1. The Morgan fingerprint density at radius 3 is 2.85 bits per heavy atom. The topological polar surface area (TPSA) is 145 Å². The lowest BCUT2D eigenvalue weighted by Crippen LogP contribution is -2.51. The van der Waals surface area contributed by atoms with Crippen LogP contribution in [0.1, 0.15) is 49.9 Å². The van der Waals surface area contributed by atoms with Crippen molar-refractivity contribution in [2.75, 3.05) is 26.3 Å². The fraction of sp³-hybridized carbons (Fsp3) is 0.542. The first-order valence-electron chi connectivity index (χ1n) is 11.7. The zero-order valence-electron chi connectivity index (χ0n) is 19.4. The summed E-state index contributed by atoms with van der Waals surface area (Å²) in [6.07, 6.45) is 4.31. The van der Waals surface area contributed by atoms with Crippen molar-refractivity contribution >= 4 is 28.6 Å². The zero-order valence-corrected chi connectivity index (χ0v) is 19.4. The maximum absolute atomic E-state index is 13.0. The molecule has 1 aliphatic rings. The third kappa shape index (κ3) is 5.72. The van der Waals surface area contributed by atoms with Gasteiger partial charge in [0.25, 0.3) is 0 Å². The minimum Gasteiger partial charge on any atom is -0.465 e. The first-order chi connectivity index (χ1) is 15.9. The fourth-order valence-electron chi connectivity index (χ4n) is 4.68. The number of benzene rings is 1. The smallest absolute Gasteiger partial charge is 0.319 e. The van der Waals surface area contributed by atoms with Gasteiger partial charge in [0.15, 0.2) is 0 Å². The van der Waals surface area contributed by atoms with E-state index in [1.807, 2.05) is 23.1 Å². The molecule has 2 heterocycles. The van der Waals surface area contributed by atoms with Crippen molar-refractivity contribution in [3.05, 3.63) is 35.0 Å². The lowest BCUT2D eigenvalue weighted by atomic mass is 10.0. The number of nitrogens with one attached hydrogen (secondary N) is 3. The van der Waals surface area contributed by atoms with Gasteiger partial charge in [-0.2, -0.15) is 0 Å². The average molecular weight is 458 g/mol. The normalized spacial score (nSPS) is 16.8. The van der Waals surface area contributed by atoms with E-state index >= 15 is 0 Å². The zero-order chi connectivity index (χ0) is 24.0. The molecule has 0 saturated carbocycles. The summed E-state index contributed by atoms with van der Waals surface area (Å²) < 4.78 is 4.89. The second-order valence-electron chi connectivity index (χ2n) is 8.40. The maximum atomic E-state index is 13.0. The monoisotopic (exact) mass is 457 g/mol. The quantitative estimate of drug-likeness (QED) is 0.196. The summed E-state index contributed by atoms with van der Waals surface area (Å²) in [6.45, 7) is 4.28. The van der Waals surface area contributed by atoms with Crippen LogP contribution < -0.4 is 11.1 Å². The molecule has 6 N–H and O–H groups in total. The first kappa shape index (κ1) is 24.7. The minimum atomic E-state index is -0.820. The molecule has 2 atom stereocenters. The van der Waals surface area contributed by atoms with E-state index in [9.17, 15) is 14.7 Å². The SMILES string of the molecule is CCOC(=O)CN[C@H](CO)C(=O)N1CCC[C@H]1CCc1[nH]c2cc(C(=N)N)ccc2c1CC. The molecule has 9 heteroatoms. The molecule has 1 aromatic heterocycles. The predicted molar refractivity (Wildman–Crippen MR) is 127 cm³/mol. The largest absolute Gasteiger partial charge is 0.465 e. The van der Waals surface area contributed by atoms with Crippen LogP contribution in [0.15, 0.2) is 18.2 Å². The third-order valence-corrected chi connectivity index (χ3v) is 6.33. The molecule has 0 bridgehead atoms. The number of nitrogens with two attached hydrogens (primary N) is 1. The van der Waals surface area contributed by atoms with E-state index in [-0.39, 0.29) is 37.5 Å². The number of aliphatic hydroxyl groups excluding tert-OH is 1. The highest BCUT2D eigenvalue weighted by molar-refractivity contribution is 5.99. The van der Waals surface area contributed by atoms with Gasteiger partial charge < -0.3 is 25.5 Å². The van der Waals surface area contributed by atoms with Crippen molar-refractivity contribution in [3.8, 4) is 0 Å². The minimum absolute atomic E-state index is 0.0428. The molecule has 0 spiro atoms. The van der Waals surface area contributed by atoms with Gasteiger partial charge in [-0.25, -0.2) is 0 Å². The van der Waals surface area contributed by atoms with E-state index in [0.717, 1.165) is 48.7 Å². The summed E-state index contributed by atoms with van der Waals surface area (Å²) >= 11 is 0. The van der Waals surface area contributed by atoms with Crippen molar-refractivity contribution in [1.29, 1.82) is 5.41 Å². The van der Waals surface area contributed by atoms with E-state index in [1.54, 1.807) is 6.92 Å². The van der Waals surface area contributed by atoms with Crippen molar-refractivity contribution < 1.29 is 19.4 Å². The number of fused-ring (bicyclic) bond motifs is 1. The third-order valence-electron chi connectivity index (χ3n) is 6.33. The number of amides is 1. The fourth-order valence-corrected chi connectivity index (χ4v) is 4.68. The van der Waals surface area contributed by atoms with Crippen LogP contribution in [0.3, 0.4) is 0 Å². The van der Waals surface area contributed by atoms with Crippen molar-refractivity contribution in [3.63, 3.8) is 0 Å². The number of aromatic amines is 1. The van der Waals surface area contributed by atoms with Crippen LogP contribution in [0, 0.1) is 5.41 Å². The van der Waals surface area contributed by atoms with Gasteiger partial charge >= 0.3 is 5.97 Å². The molecule has 1 aromatic carbocycles. The number of ether oxygens (including phenoxy) is 1.